The summed E-state index contributed by atoms with van der Waals surface area (Å²) in [6.07, 6.45) is 0.909. The lowest BCUT2D eigenvalue weighted by Crippen LogP contribution is -2.56. The Morgan fingerprint density at radius 1 is 0.512 bits per heavy atom. The second-order valence-corrected chi connectivity index (χ2v) is 11.6. The topological polar surface area (TPSA) is 98.7 Å². The molecule has 0 aromatic heterocycles. The van der Waals surface area contributed by atoms with Crippen LogP contribution in [0.25, 0.3) is 0 Å². The summed E-state index contributed by atoms with van der Waals surface area (Å²) in [4.78, 5) is 26.2. The van der Waals surface area contributed by atoms with Crippen LogP contribution in [0.1, 0.15) is 42.5 Å². The van der Waals surface area contributed by atoms with Crippen LogP contribution in [-0.4, -0.2) is 45.3 Å². The summed E-state index contributed by atoms with van der Waals surface area (Å²) in [7, 11) is 0. The van der Waals surface area contributed by atoms with Crippen molar-refractivity contribution in [3.63, 3.8) is 0 Å². The summed E-state index contributed by atoms with van der Waals surface area (Å²) in [5.74, 6) is -0.988. The maximum Gasteiger partial charge on any atom is 0.229 e. The van der Waals surface area contributed by atoms with E-state index in [0.717, 1.165) is 22.3 Å². The van der Waals surface area contributed by atoms with Gasteiger partial charge in [0.2, 0.25) is 11.8 Å². The molecule has 0 aliphatic heterocycles. The Morgan fingerprint density at radius 2 is 0.744 bits per heavy atom. The summed E-state index contributed by atoms with van der Waals surface area (Å²) in [6.45, 7) is 3.53. The monoisotopic (exact) mass is 578 g/mol. The van der Waals surface area contributed by atoms with Gasteiger partial charge in [0.15, 0.2) is 0 Å². The zero-order valence-corrected chi connectivity index (χ0v) is 24.9. The van der Waals surface area contributed by atoms with Crippen molar-refractivity contribution in [2.75, 3.05) is 0 Å². The highest BCUT2D eigenvalue weighted by molar-refractivity contribution is 5.97. The number of rotatable bonds is 14. The molecule has 0 spiro atoms. The molecule has 0 saturated heterocycles. The van der Waals surface area contributed by atoms with Gasteiger partial charge in [-0.15, -0.1) is 0 Å². The first kappa shape index (κ1) is 31.7. The minimum Gasteiger partial charge on any atom is -0.387 e. The van der Waals surface area contributed by atoms with Crippen molar-refractivity contribution >= 4 is 11.8 Å². The van der Waals surface area contributed by atoms with E-state index in [9.17, 15) is 19.8 Å². The van der Waals surface area contributed by atoms with Crippen molar-refractivity contribution in [1.29, 1.82) is 0 Å². The lowest BCUT2D eigenvalue weighted by atomic mass is 9.82. The molecule has 0 aliphatic carbocycles. The lowest BCUT2D eigenvalue weighted by molar-refractivity contribution is -0.132. The van der Waals surface area contributed by atoms with Gasteiger partial charge >= 0.3 is 0 Å². The molecule has 6 nitrogen and oxygen atoms in total. The van der Waals surface area contributed by atoms with Crippen molar-refractivity contribution in [2.45, 2.75) is 69.2 Å². The first-order valence-electron chi connectivity index (χ1n) is 14.8. The van der Waals surface area contributed by atoms with Crippen molar-refractivity contribution in [3.05, 3.63) is 144 Å². The maximum atomic E-state index is 13.1. The normalized spacial score (nSPS) is 13.1. The Morgan fingerprint density at radius 3 is 0.977 bits per heavy atom. The predicted molar refractivity (Wildman–Crippen MR) is 170 cm³/mol. The molecule has 4 aromatic carbocycles. The number of hydrogen-bond donors (Lipinski definition) is 4. The van der Waals surface area contributed by atoms with Gasteiger partial charge in [0.05, 0.1) is 23.3 Å². The molecule has 43 heavy (non-hydrogen) atoms. The molecule has 0 aliphatic rings. The van der Waals surface area contributed by atoms with Crippen molar-refractivity contribution in [1.82, 2.24) is 10.6 Å². The van der Waals surface area contributed by atoms with E-state index in [2.05, 4.69) is 10.6 Å². The number of benzene rings is 4. The average Bonchev–Trinajstić information content (AvgIpc) is 2.99. The minimum atomic E-state index is -1.28. The van der Waals surface area contributed by atoms with E-state index in [0.29, 0.717) is 25.7 Å². The van der Waals surface area contributed by atoms with Gasteiger partial charge in [0, 0.05) is 25.7 Å². The molecule has 2 amide bonds. The first-order chi connectivity index (χ1) is 20.6. The third kappa shape index (κ3) is 9.37. The molecule has 0 unspecified atom stereocenters. The van der Waals surface area contributed by atoms with Crippen LogP contribution in [0.5, 0.6) is 0 Å². The molecule has 6 heteroatoms. The van der Waals surface area contributed by atoms with Crippen molar-refractivity contribution in [3.8, 4) is 0 Å². The van der Waals surface area contributed by atoms with Crippen LogP contribution in [0.3, 0.4) is 0 Å². The van der Waals surface area contributed by atoms with Crippen LogP contribution in [0.15, 0.2) is 121 Å². The quantitative estimate of drug-likeness (QED) is 0.161. The number of hydrogen-bond acceptors (Lipinski definition) is 4. The van der Waals surface area contributed by atoms with Crippen LogP contribution >= 0.6 is 0 Å². The molecule has 4 N–H and O–H groups in total. The summed E-state index contributed by atoms with van der Waals surface area (Å²) in [6, 6.07) is 37.4. The van der Waals surface area contributed by atoms with E-state index >= 15 is 0 Å². The molecule has 0 heterocycles. The van der Waals surface area contributed by atoms with Crippen LogP contribution < -0.4 is 10.6 Å². The molecule has 0 saturated carbocycles. The summed E-state index contributed by atoms with van der Waals surface area (Å²) in [5.41, 5.74) is 1.23. The second kappa shape index (κ2) is 14.8. The van der Waals surface area contributed by atoms with Crippen LogP contribution in [0.2, 0.25) is 0 Å². The third-order valence-electron chi connectivity index (χ3n) is 8.10. The van der Waals surface area contributed by atoms with Gasteiger partial charge in [-0.3, -0.25) is 9.59 Å². The Labute approximate surface area is 254 Å². The summed E-state index contributed by atoms with van der Waals surface area (Å²) >= 11 is 0. The van der Waals surface area contributed by atoms with E-state index in [-0.39, 0.29) is 0 Å². The van der Waals surface area contributed by atoms with Crippen LogP contribution in [0.4, 0.5) is 0 Å². The van der Waals surface area contributed by atoms with E-state index in [4.69, 9.17) is 0 Å². The number of amides is 2. The first-order valence-corrected chi connectivity index (χ1v) is 14.8. The van der Waals surface area contributed by atoms with Gasteiger partial charge in [-0.05, 0) is 36.1 Å². The highest BCUT2D eigenvalue weighted by Gasteiger charge is 2.37. The smallest absolute Gasteiger partial charge is 0.229 e. The zero-order chi connectivity index (χ0) is 30.7. The fraction of sp³-hybridized carbons (Fsp3) is 0.297. The molecule has 2 atom stereocenters. The summed E-state index contributed by atoms with van der Waals surface area (Å²) in [5, 5.41) is 29.5. The number of aliphatic hydroxyl groups is 2. The largest absolute Gasteiger partial charge is 0.387 e. The van der Waals surface area contributed by atoms with Crippen LogP contribution in [0, 0.1) is 0 Å². The van der Waals surface area contributed by atoms with Crippen molar-refractivity contribution < 1.29 is 19.8 Å². The maximum absolute atomic E-state index is 13.1. The van der Waals surface area contributed by atoms with Gasteiger partial charge in [0.1, 0.15) is 6.42 Å². The molecular formula is C37H42N2O4. The Kier molecular flexibility index (Phi) is 10.9. The molecule has 224 valence electrons. The minimum absolute atomic E-state index is 0.333. The third-order valence-corrected chi connectivity index (χ3v) is 8.10. The SMILES string of the molecule is C[C@@H](NC(=O)CC(=O)N[C@H](C)C(O)(Cc1ccccc1)Cc1ccccc1)C(O)(Cc1ccccc1)Cc1ccccc1. The fourth-order valence-corrected chi connectivity index (χ4v) is 5.53. The van der Waals surface area contributed by atoms with Crippen LogP contribution in [-0.2, 0) is 35.3 Å². The predicted octanol–water partition coefficient (Wildman–Crippen LogP) is 4.82. The molecule has 4 aromatic rings. The van der Waals surface area contributed by atoms with Gasteiger partial charge < -0.3 is 20.8 Å². The highest BCUT2D eigenvalue weighted by atomic mass is 16.3. The van der Waals surface area contributed by atoms with Gasteiger partial charge in [0.25, 0.3) is 0 Å². The van der Waals surface area contributed by atoms with Gasteiger partial charge in [-0.1, -0.05) is 121 Å². The van der Waals surface area contributed by atoms with Gasteiger partial charge in [-0.2, -0.15) is 0 Å². The standard InChI is InChI=1S/C37H42N2O4/c1-28(36(42,24-30-15-7-3-8-16-30)25-31-17-9-4-10-18-31)38-34(40)23-35(41)39-29(2)37(43,26-32-19-11-5-12-20-32)27-33-21-13-6-14-22-33/h3-22,28-29,42-43H,23-27H2,1-2H3,(H,38,40)(H,39,41)/t28-,29-/m1/s1. The number of nitrogens with one attached hydrogen (secondary N) is 2. The van der Waals surface area contributed by atoms with E-state index in [1.54, 1.807) is 13.8 Å². The van der Waals surface area contributed by atoms with Crippen molar-refractivity contribution in [2.24, 2.45) is 0 Å². The Bertz CT molecular complexity index is 1230. The van der Waals surface area contributed by atoms with E-state index in [1.165, 1.54) is 0 Å². The molecule has 0 bridgehead atoms. The highest BCUT2D eigenvalue weighted by Crippen LogP contribution is 2.25. The number of carbonyl (C=O) groups excluding carboxylic acids is 2. The zero-order valence-electron chi connectivity index (χ0n) is 24.9. The number of carbonyl (C=O) groups is 2. The van der Waals surface area contributed by atoms with Gasteiger partial charge in [-0.25, -0.2) is 0 Å². The Balaban J connectivity index is 1.42. The second-order valence-electron chi connectivity index (χ2n) is 11.6. The fourth-order valence-electron chi connectivity index (χ4n) is 5.53. The molecule has 0 fully saturated rings. The molecule has 4 rings (SSSR count). The molecule has 0 radical (unpaired) electrons. The van der Waals surface area contributed by atoms with E-state index < -0.39 is 41.5 Å². The lowest BCUT2D eigenvalue weighted by Gasteiger charge is -2.36. The Hall–Kier alpha value is -4.26. The summed E-state index contributed by atoms with van der Waals surface area (Å²) < 4.78 is 0. The van der Waals surface area contributed by atoms with E-state index in [1.807, 2.05) is 121 Å². The molecular weight excluding hydrogens is 536 g/mol. The average molecular weight is 579 g/mol.